The van der Waals surface area contributed by atoms with E-state index < -0.39 is 17.9 Å². The molecule has 1 aromatic rings. The second kappa shape index (κ2) is 9.66. The van der Waals surface area contributed by atoms with Crippen LogP contribution in [0.1, 0.15) is 39.2 Å². The molecule has 126 valence electrons. The molecule has 0 spiro atoms. The molecular formula is C18H25NO4. The molecule has 0 heterocycles. The topological polar surface area (TPSA) is 75.6 Å². The number of rotatable bonds is 9. The summed E-state index contributed by atoms with van der Waals surface area (Å²) in [6, 6.07) is 6.50. The van der Waals surface area contributed by atoms with Gasteiger partial charge < -0.3 is 15.2 Å². The van der Waals surface area contributed by atoms with Gasteiger partial charge in [0.05, 0.1) is 6.61 Å². The quantitative estimate of drug-likeness (QED) is 0.686. The fourth-order valence-electron chi connectivity index (χ4n) is 1.95. The monoisotopic (exact) mass is 319 g/mol. The summed E-state index contributed by atoms with van der Waals surface area (Å²) < 4.78 is 5.48. The molecule has 0 aliphatic carbocycles. The van der Waals surface area contributed by atoms with E-state index in [0.717, 1.165) is 17.7 Å². The van der Waals surface area contributed by atoms with Gasteiger partial charge in [0.25, 0.3) is 0 Å². The number of carboxylic acids is 1. The van der Waals surface area contributed by atoms with Crippen molar-refractivity contribution < 1.29 is 19.4 Å². The first-order chi connectivity index (χ1) is 11.0. The Morgan fingerprint density at radius 1 is 1.26 bits per heavy atom. The summed E-state index contributed by atoms with van der Waals surface area (Å²) in [6.07, 6.45) is 4.62. The molecule has 2 N–H and O–H groups in total. The average molecular weight is 319 g/mol. The number of carboxylic acid groups (broad SMARTS) is 1. The second-order valence-corrected chi connectivity index (χ2v) is 5.46. The summed E-state index contributed by atoms with van der Waals surface area (Å²) in [4.78, 5) is 23.1. The molecule has 5 nitrogen and oxygen atoms in total. The lowest BCUT2D eigenvalue weighted by Gasteiger charge is -2.19. The smallest absolute Gasteiger partial charge is 0.326 e. The molecule has 23 heavy (non-hydrogen) atoms. The first-order valence-electron chi connectivity index (χ1n) is 7.92. The van der Waals surface area contributed by atoms with Gasteiger partial charge in [0.2, 0.25) is 5.91 Å². The van der Waals surface area contributed by atoms with Gasteiger partial charge in [-0.1, -0.05) is 39.3 Å². The van der Waals surface area contributed by atoms with Crippen LogP contribution in [-0.2, 0) is 9.59 Å². The van der Waals surface area contributed by atoms with Crippen molar-refractivity contribution in [1.82, 2.24) is 5.32 Å². The summed E-state index contributed by atoms with van der Waals surface area (Å²) in [5, 5.41) is 11.7. The normalized spacial score (nSPS) is 13.5. The molecule has 2 atom stereocenters. The number of hydrogen-bond donors (Lipinski definition) is 2. The highest BCUT2D eigenvalue weighted by atomic mass is 16.5. The highest BCUT2D eigenvalue weighted by Gasteiger charge is 2.24. The van der Waals surface area contributed by atoms with Crippen LogP contribution in [0.3, 0.4) is 0 Å². The maximum absolute atomic E-state index is 11.9. The number of benzene rings is 1. The maximum atomic E-state index is 11.9. The van der Waals surface area contributed by atoms with Gasteiger partial charge in [-0.05, 0) is 36.1 Å². The van der Waals surface area contributed by atoms with Gasteiger partial charge in [-0.2, -0.15) is 0 Å². The minimum Gasteiger partial charge on any atom is -0.494 e. The molecule has 0 radical (unpaired) electrons. The molecule has 0 aromatic heterocycles. The fraction of sp³-hybridized carbons (Fsp3) is 0.444. The summed E-state index contributed by atoms with van der Waals surface area (Å²) in [5.41, 5.74) is 0.847. The Bertz CT molecular complexity index is 536. The summed E-state index contributed by atoms with van der Waals surface area (Å²) in [5.74, 6) is -0.765. The van der Waals surface area contributed by atoms with E-state index in [1.54, 1.807) is 13.0 Å². The molecular weight excluding hydrogens is 294 g/mol. The summed E-state index contributed by atoms with van der Waals surface area (Å²) in [7, 11) is 0. The average Bonchev–Trinajstić information content (AvgIpc) is 2.55. The van der Waals surface area contributed by atoms with Crippen LogP contribution in [0.5, 0.6) is 5.75 Å². The third kappa shape index (κ3) is 6.55. The van der Waals surface area contributed by atoms with Crippen LogP contribution in [0.4, 0.5) is 0 Å². The van der Waals surface area contributed by atoms with Gasteiger partial charge in [0.15, 0.2) is 0 Å². The third-order valence-electron chi connectivity index (χ3n) is 3.56. The Hall–Kier alpha value is -2.30. The van der Waals surface area contributed by atoms with Gasteiger partial charge in [-0.3, -0.25) is 4.79 Å². The third-order valence-corrected chi connectivity index (χ3v) is 3.56. The van der Waals surface area contributed by atoms with Crippen LogP contribution < -0.4 is 10.1 Å². The maximum Gasteiger partial charge on any atom is 0.326 e. The van der Waals surface area contributed by atoms with Gasteiger partial charge >= 0.3 is 5.97 Å². The van der Waals surface area contributed by atoms with Crippen molar-refractivity contribution >= 4 is 18.0 Å². The van der Waals surface area contributed by atoms with Crippen LogP contribution in [0, 0.1) is 5.92 Å². The van der Waals surface area contributed by atoms with E-state index in [0.29, 0.717) is 13.0 Å². The number of hydrogen-bond acceptors (Lipinski definition) is 3. The molecule has 5 heteroatoms. The van der Waals surface area contributed by atoms with E-state index in [-0.39, 0.29) is 5.92 Å². The number of ether oxygens (including phenoxy) is 1. The molecule has 0 aliphatic heterocycles. The molecule has 0 saturated heterocycles. The minimum atomic E-state index is -1.02. The number of carbonyl (C=O) groups excluding carboxylic acids is 1. The van der Waals surface area contributed by atoms with Gasteiger partial charge in [0, 0.05) is 6.08 Å². The minimum absolute atomic E-state index is 0.125. The highest BCUT2D eigenvalue weighted by Crippen LogP contribution is 2.13. The Labute approximate surface area is 137 Å². The lowest BCUT2D eigenvalue weighted by Crippen LogP contribution is -2.44. The lowest BCUT2D eigenvalue weighted by atomic mass is 9.99. The van der Waals surface area contributed by atoms with E-state index >= 15 is 0 Å². The van der Waals surface area contributed by atoms with Crippen molar-refractivity contribution in [1.29, 1.82) is 0 Å². The van der Waals surface area contributed by atoms with Crippen LogP contribution >= 0.6 is 0 Å². The predicted octanol–water partition coefficient (Wildman–Crippen LogP) is 3.10. The fourth-order valence-corrected chi connectivity index (χ4v) is 1.95. The van der Waals surface area contributed by atoms with Crippen molar-refractivity contribution in [3.63, 3.8) is 0 Å². The number of carbonyl (C=O) groups is 2. The van der Waals surface area contributed by atoms with E-state index in [1.165, 1.54) is 6.08 Å². The zero-order valence-corrected chi connectivity index (χ0v) is 13.9. The Morgan fingerprint density at radius 3 is 2.43 bits per heavy atom. The van der Waals surface area contributed by atoms with E-state index in [4.69, 9.17) is 9.84 Å². The number of aliphatic carboxylic acids is 1. The zero-order valence-electron chi connectivity index (χ0n) is 13.9. The molecule has 1 aromatic carbocycles. The Kier molecular flexibility index (Phi) is 7.88. The first-order valence-corrected chi connectivity index (χ1v) is 7.92. The van der Waals surface area contributed by atoms with Crippen molar-refractivity contribution in [3.05, 3.63) is 35.9 Å². The SMILES string of the molecule is CCCOc1ccc(/C=C/C(=O)NC(C(=O)O)C(C)CC)cc1. The molecule has 0 saturated carbocycles. The summed E-state index contributed by atoms with van der Waals surface area (Å²) >= 11 is 0. The Morgan fingerprint density at radius 2 is 1.91 bits per heavy atom. The standard InChI is InChI=1S/C18H25NO4/c1-4-12-23-15-9-6-14(7-10-15)8-11-16(20)19-17(18(21)22)13(3)5-2/h6-11,13,17H,4-5,12H2,1-3H3,(H,19,20)(H,21,22)/b11-8+. The molecule has 0 fully saturated rings. The number of nitrogens with one attached hydrogen (secondary N) is 1. The predicted molar refractivity (Wildman–Crippen MR) is 90.3 cm³/mol. The van der Waals surface area contributed by atoms with Crippen molar-refractivity contribution in [3.8, 4) is 5.75 Å². The van der Waals surface area contributed by atoms with Crippen LogP contribution in [-0.4, -0.2) is 29.6 Å². The van der Waals surface area contributed by atoms with Gasteiger partial charge in [0.1, 0.15) is 11.8 Å². The summed E-state index contributed by atoms with van der Waals surface area (Å²) in [6.45, 7) is 6.41. The first kappa shape index (κ1) is 18.7. The molecule has 1 rings (SSSR count). The van der Waals surface area contributed by atoms with Crippen LogP contribution in [0.2, 0.25) is 0 Å². The van der Waals surface area contributed by atoms with Crippen molar-refractivity contribution in [2.75, 3.05) is 6.61 Å². The number of amides is 1. The zero-order chi connectivity index (χ0) is 17.2. The Balaban J connectivity index is 2.61. The second-order valence-electron chi connectivity index (χ2n) is 5.46. The van der Waals surface area contributed by atoms with Crippen molar-refractivity contribution in [2.45, 2.75) is 39.7 Å². The van der Waals surface area contributed by atoms with E-state index in [1.807, 2.05) is 38.1 Å². The molecule has 2 unspecified atom stereocenters. The lowest BCUT2D eigenvalue weighted by molar-refractivity contribution is -0.142. The van der Waals surface area contributed by atoms with E-state index in [9.17, 15) is 9.59 Å². The van der Waals surface area contributed by atoms with Crippen molar-refractivity contribution in [2.24, 2.45) is 5.92 Å². The van der Waals surface area contributed by atoms with Crippen LogP contribution in [0.15, 0.2) is 30.3 Å². The van der Waals surface area contributed by atoms with E-state index in [2.05, 4.69) is 5.32 Å². The van der Waals surface area contributed by atoms with Gasteiger partial charge in [-0.25, -0.2) is 4.79 Å². The highest BCUT2D eigenvalue weighted by molar-refractivity contribution is 5.94. The molecule has 1 amide bonds. The van der Waals surface area contributed by atoms with Gasteiger partial charge in [-0.15, -0.1) is 0 Å². The molecule has 0 aliphatic rings. The largest absolute Gasteiger partial charge is 0.494 e. The molecule has 0 bridgehead atoms. The van der Waals surface area contributed by atoms with Crippen LogP contribution in [0.25, 0.3) is 6.08 Å².